The Kier molecular flexibility index (Phi) is 8.01. The second kappa shape index (κ2) is 11.6. The number of rotatable bonds is 6. The van der Waals surface area contributed by atoms with Crippen LogP contribution < -0.4 is 5.32 Å². The second-order valence-electron chi connectivity index (χ2n) is 10.1. The molecule has 4 aromatic rings. The summed E-state index contributed by atoms with van der Waals surface area (Å²) < 4.78 is 27.6. The molecule has 1 fully saturated rings. The van der Waals surface area contributed by atoms with Gasteiger partial charge in [0.1, 0.15) is 0 Å². The molecule has 1 aliphatic heterocycles. The van der Waals surface area contributed by atoms with Gasteiger partial charge in [-0.2, -0.15) is 0 Å². The number of hydrogen-bond donors (Lipinski definition) is 1. The molecule has 0 saturated carbocycles. The zero-order valence-electron chi connectivity index (χ0n) is 21.2. The van der Waals surface area contributed by atoms with Crippen molar-refractivity contribution in [1.29, 1.82) is 0 Å². The Bertz CT molecular complexity index is 1400. The maximum absolute atomic E-state index is 14.0. The van der Waals surface area contributed by atoms with E-state index < -0.39 is 11.6 Å². The van der Waals surface area contributed by atoms with E-state index in [1.165, 1.54) is 50.0 Å². The van der Waals surface area contributed by atoms with E-state index >= 15 is 0 Å². The van der Waals surface area contributed by atoms with E-state index in [4.69, 9.17) is 4.98 Å². The van der Waals surface area contributed by atoms with Crippen LogP contribution in [0.15, 0.2) is 72.9 Å². The predicted molar refractivity (Wildman–Crippen MR) is 150 cm³/mol. The van der Waals surface area contributed by atoms with Crippen LogP contribution in [-0.2, 0) is 12.8 Å². The number of aromatic nitrogens is 2. The molecule has 1 saturated heterocycles. The minimum Gasteiger partial charge on any atom is -0.324 e. The molecule has 4 nitrogen and oxygen atoms in total. The van der Waals surface area contributed by atoms with Crippen LogP contribution in [0.3, 0.4) is 0 Å². The molecule has 0 unspecified atom stereocenters. The summed E-state index contributed by atoms with van der Waals surface area (Å²) >= 11 is 0. The fourth-order valence-corrected chi connectivity index (χ4v) is 5.58. The lowest BCUT2D eigenvalue weighted by Gasteiger charge is -2.27. The average molecular weight is 533 g/mol. The fourth-order valence-electron chi connectivity index (χ4n) is 5.58. The van der Waals surface area contributed by atoms with Gasteiger partial charge in [0.2, 0.25) is 5.95 Å². The van der Waals surface area contributed by atoms with Crippen molar-refractivity contribution >= 4 is 24.0 Å². The van der Waals surface area contributed by atoms with Crippen LogP contribution in [0.4, 0.5) is 20.4 Å². The van der Waals surface area contributed by atoms with E-state index in [9.17, 15) is 8.78 Å². The van der Waals surface area contributed by atoms with Crippen LogP contribution in [0.5, 0.6) is 0 Å². The zero-order chi connectivity index (χ0) is 25.2. The van der Waals surface area contributed by atoms with E-state index in [1.807, 2.05) is 30.5 Å². The molecular weight excluding hydrogens is 502 g/mol. The first kappa shape index (κ1) is 26.3. The van der Waals surface area contributed by atoms with Gasteiger partial charge >= 0.3 is 0 Å². The summed E-state index contributed by atoms with van der Waals surface area (Å²) in [6.45, 7) is 3.56. The summed E-state index contributed by atoms with van der Waals surface area (Å²) in [6.07, 6.45) is 7.54. The van der Waals surface area contributed by atoms with Gasteiger partial charge in [0.15, 0.2) is 11.6 Å². The lowest BCUT2D eigenvalue weighted by molar-refractivity contribution is 0.231. The summed E-state index contributed by atoms with van der Waals surface area (Å²) in [6, 6.07) is 20.7. The summed E-state index contributed by atoms with van der Waals surface area (Å²) in [4.78, 5) is 12.0. The third-order valence-corrected chi connectivity index (χ3v) is 7.60. The Labute approximate surface area is 228 Å². The quantitative estimate of drug-likeness (QED) is 0.283. The number of benzene rings is 3. The van der Waals surface area contributed by atoms with Gasteiger partial charge in [-0.25, -0.2) is 18.7 Å². The van der Waals surface area contributed by atoms with Gasteiger partial charge in [0.05, 0.1) is 5.69 Å². The van der Waals surface area contributed by atoms with Crippen molar-refractivity contribution < 1.29 is 8.78 Å². The van der Waals surface area contributed by atoms with Crippen LogP contribution in [0.1, 0.15) is 47.4 Å². The van der Waals surface area contributed by atoms with E-state index in [1.54, 1.807) is 6.07 Å². The average Bonchev–Trinajstić information content (AvgIpc) is 2.94. The normalized spacial score (nSPS) is 16.7. The molecule has 196 valence electrons. The molecule has 0 spiro atoms. The van der Waals surface area contributed by atoms with Crippen molar-refractivity contribution in [2.75, 3.05) is 25.0 Å². The summed E-state index contributed by atoms with van der Waals surface area (Å²) in [5, 5.41) is 3.35. The molecule has 1 aromatic heterocycles. The van der Waals surface area contributed by atoms with Crippen LogP contribution in [0.2, 0.25) is 0 Å². The van der Waals surface area contributed by atoms with Gasteiger partial charge < -0.3 is 10.2 Å². The molecule has 1 aliphatic carbocycles. The SMILES string of the molecule is Cl.Fc1ccc([C@@H]2Cc3cnc(Nc4ccc(CCN5CCCCC5)cc4)nc3-c3ccccc32)cc1F. The number of piperidine rings is 1. The Balaban J connectivity index is 0.00000294. The number of halogens is 3. The Morgan fingerprint density at radius 3 is 2.47 bits per heavy atom. The number of hydrogen-bond acceptors (Lipinski definition) is 4. The third kappa shape index (κ3) is 5.57. The van der Waals surface area contributed by atoms with Crippen molar-refractivity contribution in [2.45, 2.75) is 38.0 Å². The highest BCUT2D eigenvalue weighted by atomic mass is 35.5. The summed E-state index contributed by atoms with van der Waals surface area (Å²) in [7, 11) is 0. The molecule has 3 aromatic carbocycles. The van der Waals surface area contributed by atoms with E-state index in [2.05, 4.69) is 39.5 Å². The van der Waals surface area contributed by atoms with Crippen LogP contribution >= 0.6 is 12.4 Å². The first-order chi connectivity index (χ1) is 18.1. The van der Waals surface area contributed by atoms with Gasteiger partial charge in [0.25, 0.3) is 0 Å². The minimum absolute atomic E-state index is 0. The molecular formula is C31H31ClF2N4. The molecule has 0 amide bonds. The number of anilines is 2. The highest BCUT2D eigenvalue weighted by molar-refractivity contribution is 5.85. The highest BCUT2D eigenvalue weighted by Gasteiger charge is 2.28. The number of nitrogens with zero attached hydrogens (tertiary/aromatic N) is 3. The van der Waals surface area contributed by atoms with Gasteiger partial charge in [-0.3, -0.25) is 0 Å². The van der Waals surface area contributed by atoms with Gasteiger partial charge in [-0.1, -0.05) is 48.9 Å². The molecule has 6 rings (SSSR count). The van der Waals surface area contributed by atoms with Crippen molar-refractivity contribution in [1.82, 2.24) is 14.9 Å². The molecule has 2 aliphatic rings. The second-order valence-corrected chi connectivity index (χ2v) is 10.1. The Hall–Kier alpha value is -3.35. The monoisotopic (exact) mass is 532 g/mol. The van der Waals surface area contributed by atoms with E-state index in [-0.39, 0.29) is 18.3 Å². The van der Waals surface area contributed by atoms with E-state index in [0.29, 0.717) is 12.4 Å². The molecule has 1 N–H and O–H groups in total. The Morgan fingerprint density at radius 2 is 1.68 bits per heavy atom. The number of fused-ring (bicyclic) bond motifs is 3. The molecule has 38 heavy (non-hydrogen) atoms. The van der Waals surface area contributed by atoms with Crippen molar-refractivity contribution in [3.05, 3.63) is 107 Å². The first-order valence-electron chi connectivity index (χ1n) is 13.1. The van der Waals surface area contributed by atoms with Gasteiger partial charge in [-0.05, 0) is 85.3 Å². The minimum atomic E-state index is -0.831. The molecule has 0 bridgehead atoms. The smallest absolute Gasteiger partial charge is 0.227 e. The Morgan fingerprint density at radius 1 is 0.895 bits per heavy atom. The van der Waals surface area contributed by atoms with Crippen LogP contribution in [-0.4, -0.2) is 34.5 Å². The van der Waals surface area contributed by atoms with Crippen LogP contribution in [0, 0.1) is 11.6 Å². The summed E-state index contributed by atoms with van der Waals surface area (Å²) in [5.74, 6) is -1.20. The molecule has 2 heterocycles. The third-order valence-electron chi connectivity index (χ3n) is 7.60. The molecule has 1 atom stereocenters. The van der Waals surface area contributed by atoms with Crippen molar-refractivity contribution in [3.63, 3.8) is 0 Å². The largest absolute Gasteiger partial charge is 0.324 e. The van der Waals surface area contributed by atoms with Crippen LogP contribution in [0.25, 0.3) is 11.3 Å². The van der Waals surface area contributed by atoms with Crippen molar-refractivity contribution in [2.24, 2.45) is 0 Å². The number of likely N-dealkylation sites (tertiary alicyclic amines) is 1. The predicted octanol–water partition coefficient (Wildman–Crippen LogP) is 7.30. The van der Waals surface area contributed by atoms with Gasteiger partial charge in [-0.15, -0.1) is 12.4 Å². The highest BCUT2D eigenvalue weighted by Crippen LogP contribution is 2.42. The summed E-state index contributed by atoms with van der Waals surface area (Å²) in [5.41, 5.74) is 6.96. The molecule has 0 radical (unpaired) electrons. The lowest BCUT2D eigenvalue weighted by atomic mass is 9.78. The maximum atomic E-state index is 14.0. The first-order valence-corrected chi connectivity index (χ1v) is 13.1. The lowest BCUT2D eigenvalue weighted by Crippen LogP contribution is -2.31. The maximum Gasteiger partial charge on any atom is 0.227 e. The fraction of sp³-hybridized carbons (Fsp3) is 0.290. The van der Waals surface area contributed by atoms with E-state index in [0.717, 1.165) is 46.6 Å². The topological polar surface area (TPSA) is 41.1 Å². The molecule has 7 heteroatoms. The van der Waals surface area contributed by atoms with Gasteiger partial charge in [0, 0.05) is 29.9 Å². The standard InChI is InChI=1S/C31H30F2N4.ClH/c32-28-13-10-22(19-29(28)33)27-18-23-20-34-31(36-30(23)26-7-3-2-6-25(26)27)35-24-11-8-21(9-12-24)14-17-37-15-4-1-5-16-37;/h2-3,6-13,19-20,27H,1,4-5,14-18H2,(H,34,35,36);1H/t27-;/m0./s1. The number of nitrogens with one attached hydrogen (secondary N) is 1. The van der Waals surface area contributed by atoms with Crippen molar-refractivity contribution in [3.8, 4) is 11.3 Å². The zero-order valence-corrected chi connectivity index (χ0v) is 22.0.